The van der Waals surface area contributed by atoms with E-state index in [1.54, 1.807) is 0 Å². The van der Waals surface area contributed by atoms with Crippen LogP contribution in [-0.2, 0) is 0 Å². The average Bonchev–Trinajstić information content (AvgIpc) is 3.06. The molecule has 0 bridgehead atoms. The first-order chi connectivity index (χ1) is 9.72. The SMILES string of the molecule is Brc1ccc2cc[nH]c2c1.Ic1ccc2[nH]ccc2c1. The van der Waals surface area contributed by atoms with Crippen molar-refractivity contribution in [2.75, 3.05) is 0 Å². The van der Waals surface area contributed by atoms with Crippen molar-refractivity contribution < 1.29 is 0 Å². The summed E-state index contributed by atoms with van der Waals surface area (Å²) in [7, 11) is 0. The van der Waals surface area contributed by atoms with Crippen molar-refractivity contribution in [2.45, 2.75) is 0 Å². The molecular weight excluding hydrogens is 427 g/mol. The average molecular weight is 439 g/mol. The van der Waals surface area contributed by atoms with E-state index in [-0.39, 0.29) is 0 Å². The highest BCUT2D eigenvalue weighted by atomic mass is 127. The molecule has 0 fully saturated rings. The van der Waals surface area contributed by atoms with Crippen LogP contribution >= 0.6 is 38.5 Å². The van der Waals surface area contributed by atoms with Gasteiger partial charge in [0.05, 0.1) is 0 Å². The maximum absolute atomic E-state index is 3.40. The van der Waals surface area contributed by atoms with Crippen LogP contribution in [0, 0.1) is 3.57 Å². The molecular formula is C16H12BrIN2. The van der Waals surface area contributed by atoms with E-state index in [2.05, 4.69) is 91.0 Å². The van der Waals surface area contributed by atoms with E-state index in [0.29, 0.717) is 0 Å². The molecule has 0 radical (unpaired) electrons. The largest absolute Gasteiger partial charge is 0.361 e. The van der Waals surface area contributed by atoms with Crippen molar-refractivity contribution in [3.63, 3.8) is 0 Å². The molecule has 4 rings (SSSR count). The number of rotatable bonds is 0. The summed E-state index contributed by atoms with van der Waals surface area (Å²) in [6.07, 6.45) is 3.90. The second-order valence-corrected chi connectivity index (χ2v) is 6.58. The van der Waals surface area contributed by atoms with Crippen LogP contribution in [0.4, 0.5) is 0 Å². The Balaban J connectivity index is 0.000000121. The highest BCUT2D eigenvalue weighted by Crippen LogP contribution is 2.17. The van der Waals surface area contributed by atoms with Gasteiger partial charge >= 0.3 is 0 Å². The van der Waals surface area contributed by atoms with E-state index in [1.807, 2.05) is 18.5 Å². The molecule has 4 heteroatoms. The summed E-state index contributed by atoms with van der Waals surface area (Å²) in [5, 5.41) is 2.54. The van der Waals surface area contributed by atoms with Gasteiger partial charge in [-0.05, 0) is 70.4 Å². The molecule has 2 nitrogen and oxygen atoms in total. The molecule has 0 atom stereocenters. The standard InChI is InChI=1S/C8H6BrN.C8H6IN/c9-7-2-1-6-3-4-10-8(6)5-7;9-7-1-2-8-6(5-7)3-4-10-8/h2*1-5,10H. The number of aromatic nitrogens is 2. The highest BCUT2D eigenvalue weighted by molar-refractivity contribution is 14.1. The molecule has 2 heterocycles. The lowest BCUT2D eigenvalue weighted by atomic mass is 10.3. The second-order valence-electron chi connectivity index (χ2n) is 4.42. The fourth-order valence-corrected chi connectivity index (χ4v) is 2.92. The van der Waals surface area contributed by atoms with Gasteiger partial charge in [-0.25, -0.2) is 0 Å². The number of benzene rings is 2. The highest BCUT2D eigenvalue weighted by Gasteiger charge is 1.92. The van der Waals surface area contributed by atoms with Gasteiger partial charge in [-0.3, -0.25) is 0 Å². The fraction of sp³-hybridized carbons (Fsp3) is 0. The van der Waals surface area contributed by atoms with Crippen LogP contribution < -0.4 is 0 Å². The van der Waals surface area contributed by atoms with E-state index >= 15 is 0 Å². The Labute approximate surface area is 138 Å². The first-order valence-electron chi connectivity index (χ1n) is 6.18. The quantitative estimate of drug-likeness (QED) is 0.330. The van der Waals surface area contributed by atoms with Crippen molar-refractivity contribution in [2.24, 2.45) is 0 Å². The Morgan fingerprint density at radius 1 is 0.750 bits per heavy atom. The predicted octanol–water partition coefficient (Wildman–Crippen LogP) is 5.70. The Bertz CT molecular complexity index is 776. The summed E-state index contributed by atoms with van der Waals surface area (Å²) < 4.78 is 2.40. The summed E-state index contributed by atoms with van der Waals surface area (Å²) in [6, 6.07) is 16.7. The number of nitrogens with one attached hydrogen (secondary N) is 2. The van der Waals surface area contributed by atoms with Crippen molar-refractivity contribution in [3.8, 4) is 0 Å². The molecule has 0 amide bonds. The maximum Gasteiger partial charge on any atom is 0.0465 e. The minimum Gasteiger partial charge on any atom is -0.361 e. The Kier molecular flexibility index (Phi) is 4.12. The van der Waals surface area contributed by atoms with Crippen LogP contribution in [0.25, 0.3) is 21.8 Å². The molecule has 0 aliphatic heterocycles. The topological polar surface area (TPSA) is 31.6 Å². The zero-order valence-corrected chi connectivity index (χ0v) is 14.3. The third kappa shape index (κ3) is 3.07. The molecule has 100 valence electrons. The van der Waals surface area contributed by atoms with Crippen molar-refractivity contribution in [1.82, 2.24) is 9.97 Å². The summed E-state index contributed by atoms with van der Waals surface area (Å²) >= 11 is 5.71. The van der Waals surface area contributed by atoms with Crippen LogP contribution in [0.5, 0.6) is 0 Å². The number of aromatic amines is 2. The molecule has 20 heavy (non-hydrogen) atoms. The third-order valence-corrected chi connectivity index (χ3v) is 4.20. The maximum atomic E-state index is 3.40. The van der Waals surface area contributed by atoms with Gasteiger partial charge in [0, 0.05) is 36.9 Å². The molecule has 4 aromatic rings. The predicted molar refractivity (Wildman–Crippen MR) is 97.0 cm³/mol. The zero-order chi connectivity index (χ0) is 13.9. The van der Waals surface area contributed by atoms with Gasteiger partial charge in [-0.1, -0.05) is 22.0 Å². The normalized spacial score (nSPS) is 10.5. The van der Waals surface area contributed by atoms with Crippen molar-refractivity contribution in [1.29, 1.82) is 0 Å². The monoisotopic (exact) mass is 438 g/mol. The van der Waals surface area contributed by atoms with E-state index in [9.17, 15) is 0 Å². The van der Waals surface area contributed by atoms with Crippen LogP contribution in [-0.4, -0.2) is 9.97 Å². The van der Waals surface area contributed by atoms with Crippen LogP contribution in [0.3, 0.4) is 0 Å². The number of hydrogen-bond acceptors (Lipinski definition) is 0. The Morgan fingerprint density at radius 3 is 2.35 bits per heavy atom. The second kappa shape index (κ2) is 6.01. The molecule has 0 saturated heterocycles. The first-order valence-corrected chi connectivity index (χ1v) is 8.05. The summed E-state index contributed by atoms with van der Waals surface area (Å²) in [5.41, 5.74) is 2.38. The Morgan fingerprint density at radius 2 is 1.50 bits per heavy atom. The summed E-state index contributed by atoms with van der Waals surface area (Å²) in [5.74, 6) is 0. The van der Waals surface area contributed by atoms with Crippen LogP contribution in [0.1, 0.15) is 0 Å². The smallest absolute Gasteiger partial charge is 0.0465 e. The first kappa shape index (κ1) is 13.7. The van der Waals surface area contributed by atoms with Gasteiger partial charge in [0.1, 0.15) is 0 Å². The molecule has 0 spiro atoms. The molecule has 0 aliphatic rings. The van der Waals surface area contributed by atoms with Gasteiger partial charge in [0.25, 0.3) is 0 Å². The van der Waals surface area contributed by atoms with Crippen molar-refractivity contribution >= 4 is 60.3 Å². The molecule has 0 unspecified atom stereocenters. The molecule has 2 aromatic carbocycles. The summed E-state index contributed by atoms with van der Waals surface area (Å²) in [4.78, 5) is 6.27. The van der Waals surface area contributed by atoms with E-state index in [0.717, 1.165) is 4.47 Å². The van der Waals surface area contributed by atoms with Gasteiger partial charge in [0.15, 0.2) is 0 Å². The molecule has 0 aliphatic carbocycles. The number of hydrogen-bond donors (Lipinski definition) is 2. The van der Waals surface area contributed by atoms with Gasteiger partial charge in [0.2, 0.25) is 0 Å². The van der Waals surface area contributed by atoms with Gasteiger partial charge in [-0.2, -0.15) is 0 Å². The lowest BCUT2D eigenvalue weighted by Crippen LogP contribution is -1.68. The van der Waals surface area contributed by atoms with Crippen LogP contribution in [0.15, 0.2) is 65.4 Å². The zero-order valence-electron chi connectivity index (χ0n) is 10.5. The third-order valence-electron chi connectivity index (χ3n) is 3.03. The minimum atomic E-state index is 1.11. The Hall–Kier alpha value is -1.27. The molecule has 2 aromatic heterocycles. The summed E-state index contributed by atoms with van der Waals surface area (Å²) in [6.45, 7) is 0. The van der Waals surface area contributed by atoms with Gasteiger partial charge in [-0.15, -0.1) is 0 Å². The van der Waals surface area contributed by atoms with E-state index in [4.69, 9.17) is 0 Å². The molecule has 0 saturated carbocycles. The fourth-order valence-electron chi connectivity index (χ4n) is 2.04. The lowest BCUT2D eigenvalue weighted by Gasteiger charge is -1.89. The van der Waals surface area contributed by atoms with Gasteiger partial charge < -0.3 is 9.97 Å². The van der Waals surface area contributed by atoms with E-state index < -0.39 is 0 Å². The minimum absolute atomic E-state index is 1.11. The van der Waals surface area contributed by atoms with E-state index in [1.165, 1.54) is 25.4 Å². The number of H-pyrrole nitrogens is 2. The van der Waals surface area contributed by atoms with Crippen molar-refractivity contribution in [3.05, 3.63) is 69.0 Å². The lowest BCUT2D eigenvalue weighted by molar-refractivity contribution is 1.47. The molecule has 2 N–H and O–H groups in total. The number of halogens is 2. The number of fused-ring (bicyclic) bond motifs is 2. The van der Waals surface area contributed by atoms with Crippen LogP contribution in [0.2, 0.25) is 0 Å².